The van der Waals surface area contributed by atoms with Gasteiger partial charge in [-0.25, -0.2) is 0 Å². The van der Waals surface area contributed by atoms with Crippen LogP contribution in [0.25, 0.3) is 0 Å². The van der Waals surface area contributed by atoms with E-state index in [1.165, 1.54) is 0 Å². The number of carbonyl (C=O) groups is 2. The molecule has 4 nitrogen and oxygen atoms in total. The molecule has 0 aromatic carbocycles. The zero-order valence-corrected chi connectivity index (χ0v) is 14.8. The molecule has 0 bridgehead atoms. The van der Waals surface area contributed by atoms with E-state index >= 15 is 0 Å². The van der Waals surface area contributed by atoms with Gasteiger partial charge in [-0.3, -0.25) is 9.59 Å². The monoisotopic (exact) mass is 336 g/mol. The minimum atomic E-state index is -0.810. The Kier molecular flexibility index (Phi) is 10.3. The zero-order valence-electron chi connectivity index (χ0n) is 14.8. The fraction of sp³-hybridized carbons (Fsp3) is 0.700. The number of aliphatic hydroxyl groups excluding tert-OH is 1. The highest BCUT2D eigenvalue weighted by Crippen LogP contribution is 2.34. The fourth-order valence-electron chi connectivity index (χ4n) is 3.27. The number of unbranched alkanes of at least 4 members (excludes halogenated alkanes) is 3. The quantitative estimate of drug-likeness (QED) is 0.412. The van der Waals surface area contributed by atoms with Crippen LogP contribution in [-0.4, -0.2) is 28.1 Å². The fourth-order valence-corrected chi connectivity index (χ4v) is 3.27. The van der Waals surface area contributed by atoms with Crippen LogP contribution in [0.4, 0.5) is 0 Å². The van der Waals surface area contributed by atoms with Crippen LogP contribution in [0.1, 0.15) is 71.1 Å². The van der Waals surface area contributed by atoms with Crippen molar-refractivity contribution in [3.63, 3.8) is 0 Å². The van der Waals surface area contributed by atoms with E-state index in [9.17, 15) is 14.7 Å². The van der Waals surface area contributed by atoms with Crippen LogP contribution in [0.3, 0.4) is 0 Å². The van der Waals surface area contributed by atoms with Crippen LogP contribution in [0.5, 0.6) is 0 Å². The molecule has 2 unspecified atom stereocenters. The molecule has 3 atom stereocenters. The summed E-state index contributed by atoms with van der Waals surface area (Å²) in [6.45, 7) is 2.14. The van der Waals surface area contributed by atoms with E-state index in [0.29, 0.717) is 18.1 Å². The maximum absolute atomic E-state index is 12.1. The normalized spacial score (nSPS) is 22.7. The first-order valence-electron chi connectivity index (χ1n) is 9.30. The summed E-state index contributed by atoms with van der Waals surface area (Å²) in [6, 6.07) is 0. The largest absolute Gasteiger partial charge is 0.481 e. The second-order valence-corrected chi connectivity index (χ2v) is 6.74. The van der Waals surface area contributed by atoms with Gasteiger partial charge in [-0.1, -0.05) is 50.5 Å². The second-order valence-electron chi connectivity index (χ2n) is 6.74. The third kappa shape index (κ3) is 8.44. The molecule has 1 aliphatic carbocycles. The molecule has 0 aliphatic heterocycles. The molecule has 136 valence electrons. The van der Waals surface area contributed by atoms with Gasteiger partial charge < -0.3 is 10.2 Å². The summed E-state index contributed by atoms with van der Waals surface area (Å²) in [5, 5.41) is 18.5. The predicted molar refractivity (Wildman–Crippen MR) is 95.8 cm³/mol. The van der Waals surface area contributed by atoms with Crippen molar-refractivity contribution >= 4 is 11.8 Å². The molecule has 0 aromatic heterocycles. The molecule has 4 heteroatoms. The van der Waals surface area contributed by atoms with Crippen LogP contribution in [-0.2, 0) is 9.59 Å². The Morgan fingerprint density at radius 2 is 2.08 bits per heavy atom. The zero-order chi connectivity index (χ0) is 17.8. The number of aliphatic carboxylic acids is 1. The molecule has 2 N–H and O–H groups in total. The van der Waals surface area contributed by atoms with Gasteiger partial charge in [0.2, 0.25) is 0 Å². The number of carboxylic acids is 1. The van der Waals surface area contributed by atoms with Crippen LogP contribution in [0, 0.1) is 11.8 Å². The summed E-state index contributed by atoms with van der Waals surface area (Å²) >= 11 is 0. The second kappa shape index (κ2) is 12.0. The standard InChI is InChI=1S/C20H32O4/c1-2-3-6-10-17(21)13-14-18-16(12-15-19(18)22)9-7-4-5-8-11-20(23)24/h5,8,13-14,16-18,21H,2-4,6-7,9-12,15H2,1H3,(H,23,24)/b8-5+,14-13+/t16?,17-,18?/m1/s1. The molecule has 1 saturated carbocycles. The Balaban J connectivity index is 2.34. The Morgan fingerprint density at radius 1 is 1.29 bits per heavy atom. The highest BCUT2D eigenvalue weighted by molar-refractivity contribution is 5.85. The lowest BCUT2D eigenvalue weighted by molar-refractivity contribution is -0.136. The molecule has 1 fully saturated rings. The number of hydrogen-bond acceptors (Lipinski definition) is 3. The van der Waals surface area contributed by atoms with E-state index in [4.69, 9.17) is 5.11 Å². The van der Waals surface area contributed by atoms with E-state index in [-0.39, 0.29) is 12.3 Å². The van der Waals surface area contributed by atoms with Crippen molar-refractivity contribution in [2.24, 2.45) is 11.8 Å². The summed E-state index contributed by atoms with van der Waals surface area (Å²) < 4.78 is 0. The third-order valence-electron chi connectivity index (χ3n) is 4.69. The minimum absolute atomic E-state index is 0.0474. The number of ketones is 1. The van der Waals surface area contributed by atoms with Gasteiger partial charge in [0.05, 0.1) is 12.5 Å². The number of carboxylic acid groups (broad SMARTS) is 1. The van der Waals surface area contributed by atoms with Crippen molar-refractivity contribution < 1.29 is 19.8 Å². The Bertz CT molecular complexity index is 439. The van der Waals surface area contributed by atoms with Gasteiger partial charge in [0.15, 0.2) is 0 Å². The van der Waals surface area contributed by atoms with Crippen molar-refractivity contribution in [2.75, 3.05) is 0 Å². The van der Waals surface area contributed by atoms with Crippen molar-refractivity contribution in [1.29, 1.82) is 0 Å². The smallest absolute Gasteiger partial charge is 0.307 e. The highest BCUT2D eigenvalue weighted by atomic mass is 16.4. The van der Waals surface area contributed by atoms with Crippen molar-refractivity contribution in [1.82, 2.24) is 0 Å². The molecular formula is C20H32O4. The van der Waals surface area contributed by atoms with Crippen LogP contribution in [0.15, 0.2) is 24.3 Å². The first-order chi connectivity index (χ1) is 11.5. The summed E-state index contributed by atoms with van der Waals surface area (Å²) in [6.07, 6.45) is 15.4. The molecule has 0 radical (unpaired) electrons. The molecule has 1 aliphatic rings. The number of rotatable bonds is 12. The SMILES string of the molecule is CCCCC[C@@H](O)/C=C/C1C(=O)CCC1CCC/C=C/CC(=O)O. The molecule has 0 heterocycles. The first-order valence-corrected chi connectivity index (χ1v) is 9.30. The molecule has 24 heavy (non-hydrogen) atoms. The number of carbonyl (C=O) groups excluding carboxylic acids is 1. The van der Waals surface area contributed by atoms with Crippen LogP contribution < -0.4 is 0 Å². The molecule has 0 saturated heterocycles. The predicted octanol–water partition coefficient (Wildman–Crippen LogP) is 4.28. The van der Waals surface area contributed by atoms with Gasteiger partial charge in [0, 0.05) is 12.3 Å². The van der Waals surface area contributed by atoms with E-state index in [2.05, 4.69) is 6.92 Å². The van der Waals surface area contributed by atoms with Gasteiger partial charge in [0.25, 0.3) is 0 Å². The molecule has 0 spiro atoms. The lowest BCUT2D eigenvalue weighted by Crippen LogP contribution is -2.13. The van der Waals surface area contributed by atoms with Crippen LogP contribution >= 0.6 is 0 Å². The Labute approximate surface area is 145 Å². The van der Waals surface area contributed by atoms with Crippen molar-refractivity contribution in [2.45, 2.75) is 77.2 Å². The highest BCUT2D eigenvalue weighted by Gasteiger charge is 2.31. The average Bonchev–Trinajstić information content (AvgIpc) is 2.89. The maximum Gasteiger partial charge on any atom is 0.307 e. The molecule has 0 aromatic rings. The van der Waals surface area contributed by atoms with Crippen molar-refractivity contribution in [3.05, 3.63) is 24.3 Å². The first kappa shape index (κ1) is 20.6. The third-order valence-corrected chi connectivity index (χ3v) is 4.69. The van der Waals surface area contributed by atoms with E-state index < -0.39 is 12.1 Å². The van der Waals surface area contributed by atoms with Gasteiger partial charge >= 0.3 is 5.97 Å². The lowest BCUT2D eigenvalue weighted by Gasteiger charge is -2.15. The summed E-state index contributed by atoms with van der Waals surface area (Å²) in [4.78, 5) is 22.5. The molecular weight excluding hydrogens is 304 g/mol. The maximum atomic E-state index is 12.1. The van der Waals surface area contributed by atoms with E-state index in [1.807, 2.05) is 18.2 Å². The lowest BCUT2D eigenvalue weighted by atomic mass is 9.89. The van der Waals surface area contributed by atoms with Gasteiger partial charge in [-0.05, 0) is 38.0 Å². The number of hydrogen-bond donors (Lipinski definition) is 2. The van der Waals surface area contributed by atoms with Gasteiger partial charge in [-0.15, -0.1) is 0 Å². The van der Waals surface area contributed by atoms with Gasteiger partial charge in [0.1, 0.15) is 5.78 Å². The summed E-state index contributed by atoms with van der Waals surface area (Å²) in [5.74, 6) is -0.202. The average molecular weight is 336 g/mol. The number of allylic oxidation sites excluding steroid dienone is 2. The van der Waals surface area contributed by atoms with E-state index in [1.54, 1.807) is 6.08 Å². The number of Topliss-reactive ketones (excluding diaryl/α,β-unsaturated/α-hetero) is 1. The Hall–Kier alpha value is -1.42. The minimum Gasteiger partial charge on any atom is -0.481 e. The van der Waals surface area contributed by atoms with E-state index in [0.717, 1.165) is 51.4 Å². The molecule has 1 rings (SSSR count). The number of aliphatic hydroxyl groups is 1. The summed E-state index contributed by atoms with van der Waals surface area (Å²) in [7, 11) is 0. The molecule has 0 amide bonds. The topological polar surface area (TPSA) is 74.6 Å². The van der Waals surface area contributed by atoms with Crippen LogP contribution in [0.2, 0.25) is 0 Å². The van der Waals surface area contributed by atoms with Gasteiger partial charge in [-0.2, -0.15) is 0 Å². The Morgan fingerprint density at radius 3 is 2.79 bits per heavy atom. The van der Waals surface area contributed by atoms with Crippen molar-refractivity contribution in [3.8, 4) is 0 Å². The summed E-state index contributed by atoms with van der Waals surface area (Å²) in [5.41, 5.74) is 0.